The molecule has 0 atom stereocenters. The first-order valence-corrected chi connectivity index (χ1v) is 3.07. The van der Waals surface area contributed by atoms with E-state index in [1.807, 2.05) is 0 Å². The van der Waals surface area contributed by atoms with Gasteiger partial charge in [0.05, 0.1) is 0 Å². The van der Waals surface area contributed by atoms with Crippen molar-refractivity contribution in [1.82, 2.24) is 0 Å². The fourth-order valence-electron chi connectivity index (χ4n) is 0. The van der Waals surface area contributed by atoms with Crippen LogP contribution in [0.15, 0.2) is 0 Å². The van der Waals surface area contributed by atoms with E-state index < -0.39 is 15.1 Å². The van der Waals surface area contributed by atoms with E-state index in [9.17, 15) is 0 Å². The van der Waals surface area contributed by atoms with Crippen molar-refractivity contribution in [2.24, 2.45) is 0 Å². The molecular weight excluding hydrogens is 193 g/mol. The molecule has 0 spiro atoms. The molecule has 0 saturated carbocycles. The monoisotopic (exact) mass is 198 g/mol. The van der Waals surface area contributed by atoms with Crippen LogP contribution in [-0.2, 0) is 4.57 Å². The van der Waals surface area contributed by atoms with Gasteiger partial charge in [-0.15, -0.1) is 0 Å². The molecule has 0 aliphatic rings. The smallest absolute Gasteiger partial charge is 0.756 e. The first-order valence-electron chi connectivity index (χ1n) is 1.54. The molecule has 0 aromatic rings. The normalized spacial score (nSPS) is 8.60. The van der Waals surface area contributed by atoms with Crippen LogP contribution in [0, 0.1) is 0 Å². The summed E-state index contributed by atoms with van der Waals surface area (Å²) in [5.41, 5.74) is 0. The average molecular weight is 198 g/mol. The van der Waals surface area contributed by atoms with Gasteiger partial charge < -0.3 is 29.8 Å². The Labute approximate surface area is 99.5 Å². The Kier molecular flexibility index (Phi) is 15.5. The molecule has 0 fully saturated rings. The van der Waals surface area contributed by atoms with Gasteiger partial charge in [0.1, 0.15) is 0 Å². The van der Waals surface area contributed by atoms with E-state index in [1.165, 1.54) is 0 Å². The zero-order chi connectivity index (χ0) is 8.08. The fraction of sp³-hybridized carbons (Fsp3) is 0. The minimum atomic E-state index is -4.89. The Morgan fingerprint density at radius 2 is 1.20 bits per heavy atom. The Hall–Kier alpha value is 1.69. The quantitative estimate of drug-likeness (QED) is 0.192. The van der Waals surface area contributed by atoms with Gasteiger partial charge >= 0.3 is 58.7 Å². The summed E-state index contributed by atoms with van der Waals surface area (Å²) in [6.07, 6.45) is 0. The Balaban J connectivity index is -0.0000000910. The summed E-state index contributed by atoms with van der Waals surface area (Å²) in [6.45, 7) is 0. The van der Waals surface area contributed by atoms with E-state index in [0.29, 0.717) is 0 Å². The summed E-state index contributed by atoms with van der Waals surface area (Å²) in [6, 6.07) is 0. The molecule has 0 aromatic heterocycles. The van der Waals surface area contributed by atoms with Crippen LogP contribution in [-0.4, -0.2) is 32.2 Å². The molecule has 0 heterocycles. The zero-order valence-electron chi connectivity index (χ0n) is 5.08. The molecule has 0 aliphatic heterocycles. The maximum absolute atomic E-state index is 8.77. The van der Waals surface area contributed by atoms with Gasteiger partial charge in [0.2, 0.25) is 0 Å². The average Bonchev–Trinajstić information content (AvgIpc) is 1.19. The number of rotatable bonds is 0. The van der Waals surface area contributed by atoms with Crippen LogP contribution in [0.2, 0.25) is 0 Å². The molecule has 10 heteroatoms. The minimum absolute atomic E-state index is 0. The van der Waals surface area contributed by atoms with E-state index in [1.54, 1.807) is 0 Å². The van der Waals surface area contributed by atoms with Crippen molar-refractivity contribution in [2.75, 3.05) is 0 Å². The first-order chi connectivity index (χ1) is 3.73. The number of phosphoric acid groups is 1. The number of hydrogen-bond acceptors (Lipinski definition) is 5. The summed E-state index contributed by atoms with van der Waals surface area (Å²) in [5.74, 6) is 0. The van der Waals surface area contributed by atoms with Crippen LogP contribution in [0.3, 0.4) is 0 Å². The second-order valence-electron chi connectivity index (χ2n) is 0.837. The van der Waals surface area contributed by atoms with Gasteiger partial charge in [-0.3, -0.25) is 4.57 Å². The van der Waals surface area contributed by atoms with E-state index in [2.05, 4.69) is 0 Å². The van der Waals surface area contributed by atoms with Crippen molar-refractivity contribution in [2.45, 2.75) is 0 Å². The van der Waals surface area contributed by atoms with E-state index in [-0.39, 0.29) is 51.4 Å². The molecule has 0 radical (unpaired) electrons. The topological polar surface area (TPSA) is 141 Å². The predicted octanol–water partition coefficient (Wildman–Crippen LogP) is -6.61. The fourth-order valence-corrected chi connectivity index (χ4v) is 0. The molecule has 0 unspecified atom stereocenters. The van der Waals surface area contributed by atoms with Gasteiger partial charge in [-0.05, 0) is 0 Å². The van der Waals surface area contributed by atoms with E-state index >= 15 is 0 Å². The van der Waals surface area contributed by atoms with E-state index in [0.717, 1.165) is 0 Å². The van der Waals surface area contributed by atoms with Crippen LogP contribution in [0.25, 0.3) is 0 Å². The molecule has 0 saturated heterocycles. The molecule has 7 nitrogen and oxygen atoms in total. The summed E-state index contributed by atoms with van der Waals surface area (Å²) < 4.78 is 8.77. The van der Waals surface area contributed by atoms with E-state index in [4.69, 9.17) is 34.3 Å². The maximum Gasteiger partial charge on any atom is 1.00 e. The van der Waals surface area contributed by atoms with Crippen molar-refractivity contribution in [3.8, 4) is 0 Å². The minimum Gasteiger partial charge on any atom is -0.756 e. The third kappa shape index (κ3) is 256. The summed E-state index contributed by atoms with van der Waals surface area (Å²) >= 11 is 0. The third-order valence-electron chi connectivity index (χ3n) is 0. The molecule has 5 N–H and O–H groups in total. The molecule has 0 amide bonds. The van der Waals surface area contributed by atoms with Crippen LogP contribution in [0.4, 0.5) is 0 Å². The summed E-state index contributed by atoms with van der Waals surface area (Å²) in [7, 11) is -7.06. The van der Waals surface area contributed by atoms with Gasteiger partial charge in [-0.1, -0.05) is 0 Å². The first kappa shape index (κ1) is 17.7. The molecule has 0 aromatic carbocycles. The van der Waals surface area contributed by atoms with Gasteiger partial charge in [0.25, 0.3) is 7.82 Å². The van der Waals surface area contributed by atoms with Gasteiger partial charge in [0, 0.05) is 0 Å². The zero-order valence-corrected chi connectivity index (χ0v) is 9.09. The summed E-state index contributed by atoms with van der Waals surface area (Å²) in [4.78, 5) is 22.9. The largest absolute Gasteiger partial charge is 1.00 e. The Bertz CT molecular complexity index is 84.8. The standard InChI is InChI=1S/BH3O3.K.H3O4P/c2-1(3)4;;1-5(2,3)4/h2-4H;;(H3,1,2,3,4)/q;+1;/p-1. The van der Waals surface area contributed by atoms with Gasteiger partial charge in [-0.2, -0.15) is 0 Å². The molecule has 0 aliphatic carbocycles. The second-order valence-corrected chi connectivity index (χ2v) is 1.82. The SMILES string of the molecule is O=P([O-])(O)O.OB(O)O.[K+]. The van der Waals surface area contributed by atoms with Crippen LogP contribution < -0.4 is 56.3 Å². The second kappa shape index (κ2) is 8.78. The predicted molar refractivity (Wildman–Crippen MR) is 24.5 cm³/mol. The van der Waals surface area contributed by atoms with Crippen LogP contribution in [0.1, 0.15) is 0 Å². The Morgan fingerprint density at radius 3 is 1.20 bits per heavy atom. The Morgan fingerprint density at radius 1 is 1.20 bits per heavy atom. The van der Waals surface area contributed by atoms with Crippen molar-refractivity contribution in [3.05, 3.63) is 0 Å². The molecule has 56 valence electrons. The van der Waals surface area contributed by atoms with Crippen molar-refractivity contribution < 1.29 is 85.7 Å². The van der Waals surface area contributed by atoms with Gasteiger partial charge in [-0.25, -0.2) is 0 Å². The summed E-state index contributed by atoms with van der Waals surface area (Å²) in [5, 5.41) is 21.5. The molecule has 10 heavy (non-hydrogen) atoms. The van der Waals surface area contributed by atoms with Crippen molar-refractivity contribution >= 4 is 15.1 Å². The van der Waals surface area contributed by atoms with Crippen LogP contribution >= 0.6 is 7.82 Å². The van der Waals surface area contributed by atoms with Gasteiger partial charge in [0.15, 0.2) is 0 Å². The van der Waals surface area contributed by atoms with Crippen molar-refractivity contribution in [3.63, 3.8) is 0 Å². The number of hydrogen-bond donors (Lipinski definition) is 5. The molecule has 0 bridgehead atoms. The maximum atomic E-state index is 8.77. The van der Waals surface area contributed by atoms with Crippen molar-refractivity contribution in [1.29, 1.82) is 0 Å². The molecular formula is H5BKO7P. The molecule has 0 rings (SSSR count). The van der Waals surface area contributed by atoms with Crippen LogP contribution in [0.5, 0.6) is 0 Å². The third-order valence-corrected chi connectivity index (χ3v) is 0.